The van der Waals surface area contributed by atoms with Crippen LogP contribution in [0.25, 0.3) is 22.5 Å². The molecule has 28 heavy (non-hydrogen) atoms. The summed E-state index contributed by atoms with van der Waals surface area (Å²) in [4.78, 5) is 17.9. The van der Waals surface area contributed by atoms with Gasteiger partial charge in [-0.25, -0.2) is 4.39 Å². The van der Waals surface area contributed by atoms with Crippen LogP contribution in [-0.2, 0) is 0 Å². The first kappa shape index (κ1) is 18.4. The molecule has 1 fully saturated rings. The van der Waals surface area contributed by atoms with Gasteiger partial charge in [0.2, 0.25) is 0 Å². The lowest BCUT2D eigenvalue weighted by molar-refractivity contribution is 0.0937. The number of nitrogens with zero attached hydrogens (tertiary/aromatic N) is 2. The highest BCUT2D eigenvalue weighted by atomic mass is 19.1. The second kappa shape index (κ2) is 7.98. The fourth-order valence-electron chi connectivity index (χ4n) is 3.81. The highest BCUT2D eigenvalue weighted by Crippen LogP contribution is 2.32. The number of carbonyl (C=O) groups is 1. The normalized spacial score (nSPS) is 17.1. The zero-order valence-electron chi connectivity index (χ0n) is 15.7. The molecule has 0 bridgehead atoms. The summed E-state index contributed by atoms with van der Waals surface area (Å²) >= 11 is 0. The summed E-state index contributed by atoms with van der Waals surface area (Å²) in [7, 11) is 0. The van der Waals surface area contributed by atoms with Crippen molar-refractivity contribution in [2.75, 3.05) is 19.6 Å². The Bertz CT molecular complexity index is 965. The van der Waals surface area contributed by atoms with Crippen LogP contribution in [0.15, 0.2) is 47.2 Å². The van der Waals surface area contributed by atoms with Gasteiger partial charge in [-0.2, -0.15) is 0 Å². The first-order chi connectivity index (χ1) is 13.7. The van der Waals surface area contributed by atoms with Gasteiger partial charge in [0.05, 0.1) is 6.20 Å². The summed E-state index contributed by atoms with van der Waals surface area (Å²) < 4.78 is 18.9. The standard InChI is InChI=1S/C21H23FN4O2/c1-2-26-8-4-7-17(26)12-24-21(27)19-10-15(11-23-19)20-18(13-25-28-20)14-5-3-6-16(22)9-14/h3,5-6,9-11,13,17,23H,2,4,7-8,12H2,1H3,(H,24,27). The van der Waals surface area contributed by atoms with Gasteiger partial charge < -0.3 is 14.8 Å². The summed E-state index contributed by atoms with van der Waals surface area (Å²) in [5.41, 5.74) is 2.50. The number of hydrogen-bond donors (Lipinski definition) is 2. The molecule has 6 nitrogen and oxygen atoms in total. The minimum atomic E-state index is -0.327. The molecular formula is C21H23FN4O2. The molecule has 3 aromatic rings. The number of likely N-dealkylation sites (tertiary alicyclic amines) is 1. The van der Waals surface area contributed by atoms with Gasteiger partial charge in [-0.1, -0.05) is 24.2 Å². The lowest BCUT2D eigenvalue weighted by Crippen LogP contribution is -2.40. The number of amides is 1. The molecular weight excluding hydrogens is 359 g/mol. The highest BCUT2D eigenvalue weighted by molar-refractivity contribution is 5.94. The van der Waals surface area contributed by atoms with E-state index < -0.39 is 0 Å². The van der Waals surface area contributed by atoms with E-state index in [1.54, 1.807) is 30.6 Å². The molecule has 1 aromatic carbocycles. The van der Waals surface area contributed by atoms with E-state index >= 15 is 0 Å². The molecule has 0 saturated carbocycles. The third-order valence-corrected chi connectivity index (χ3v) is 5.30. The van der Waals surface area contributed by atoms with E-state index in [9.17, 15) is 9.18 Å². The van der Waals surface area contributed by atoms with E-state index in [2.05, 4.69) is 27.3 Å². The maximum Gasteiger partial charge on any atom is 0.267 e. The molecule has 2 N–H and O–H groups in total. The number of benzene rings is 1. The van der Waals surface area contributed by atoms with E-state index in [1.807, 2.05) is 0 Å². The minimum absolute atomic E-state index is 0.152. The Morgan fingerprint density at radius 1 is 1.39 bits per heavy atom. The van der Waals surface area contributed by atoms with Gasteiger partial charge in [0.1, 0.15) is 11.5 Å². The summed E-state index contributed by atoms with van der Waals surface area (Å²) in [5.74, 6) is 0.0155. The molecule has 3 heterocycles. The molecule has 1 atom stereocenters. The maximum atomic E-state index is 13.6. The molecule has 1 aliphatic heterocycles. The SMILES string of the molecule is CCN1CCCC1CNC(=O)c1cc(-c2oncc2-c2cccc(F)c2)c[nH]1. The third-order valence-electron chi connectivity index (χ3n) is 5.30. The van der Waals surface area contributed by atoms with Crippen LogP contribution in [0.2, 0.25) is 0 Å². The Morgan fingerprint density at radius 3 is 3.11 bits per heavy atom. The number of H-pyrrole nitrogens is 1. The van der Waals surface area contributed by atoms with Gasteiger partial charge in [-0.05, 0) is 49.7 Å². The Hall–Kier alpha value is -2.93. The summed E-state index contributed by atoms with van der Waals surface area (Å²) in [6.07, 6.45) is 5.54. The Kier molecular flexibility index (Phi) is 5.25. The first-order valence-electron chi connectivity index (χ1n) is 9.57. The minimum Gasteiger partial charge on any atom is -0.356 e. The van der Waals surface area contributed by atoms with Crippen molar-refractivity contribution in [3.05, 3.63) is 54.2 Å². The van der Waals surface area contributed by atoms with Crippen LogP contribution >= 0.6 is 0 Å². The van der Waals surface area contributed by atoms with Gasteiger partial charge >= 0.3 is 0 Å². The van der Waals surface area contributed by atoms with Crippen molar-refractivity contribution >= 4 is 5.91 Å². The van der Waals surface area contributed by atoms with Crippen molar-refractivity contribution in [2.45, 2.75) is 25.8 Å². The van der Waals surface area contributed by atoms with Crippen LogP contribution in [0.5, 0.6) is 0 Å². The van der Waals surface area contributed by atoms with Gasteiger partial charge in [-0.15, -0.1) is 0 Å². The van der Waals surface area contributed by atoms with Gasteiger partial charge in [0.25, 0.3) is 5.91 Å². The van der Waals surface area contributed by atoms with Gasteiger partial charge in [0, 0.05) is 29.9 Å². The fourth-order valence-corrected chi connectivity index (χ4v) is 3.81. The van der Waals surface area contributed by atoms with Crippen molar-refractivity contribution in [2.24, 2.45) is 0 Å². The summed E-state index contributed by atoms with van der Waals surface area (Å²) in [5, 5.41) is 6.86. The Morgan fingerprint density at radius 2 is 2.29 bits per heavy atom. The largest absolute Gasteiger partial charge is 0.356 e. The van der Waals surface area contributed by atoms with E-state index in [-0.39, 0.29) is 11.7 Å². The fraction of sp³-hybridized carbons (Fsp3) is 0.333. The van der Waals surface area contributed by atoms with Crippen LogP contribution in [0.1, 0.15) is 30.3 Å². The molecule has 1 saturated heterocycles. The van der Waals surface area contributed by atoms with E-state index in [4.69, 9.17) is 4.52 Å². The van der Waals surface area contributed by atoms with E-state index in [1.165, 1.54) is 18.6 Å². The molecule has 0 aliphatic carbocycles. The zero-order valence-corrected chi connectivity index (χ0v) is 15.7. The molecule has 1 aliphatic rings. The molecule has 146 valence electrons. The molecule has 4 rings (SSSR count). The van der Waals surface area contributed by atoms with Crippen LogP contribution < -0.4 is 5.32 Å². The highest BCUT2D eigenvalue weighted by Gasteiger charge is 2.24. The van der Waals surface area contributed by atoms with Crippen molar-refractivity contribution in [1.82, 2.24) is 20.4 Å². The van der Waals surface area contributed by atoms with Crippen LogP contribution in [0.4, 0.5) is 4.39 Å². The van der Waals surface area contributed by atoms with E-state index in [0.29, 0.717) is 40.7 Å². The maximum absolute atomic E-state index is 13.6. The predicted octanol–water partition coefficient (Wildman–Crippen LogP) is 3.69. The average Bonchev–Trinajstić information content (AvgIpc) is 3.45. The lowest BCUT2D eigenvalue weighted by atomic mass is 10.0. The summed E-state index contributed by atoms with van der Waals surface area (Å²) in [6, 6.07) is 8.37. The molecule has 0 spiro atoms. The Labute approximate surface area is 162 Å². The van der Waals surface area contributed by atoms with Crippen LogP contribution in [-0.4, -0.2) is 46.6 Å². The van der Waals surface area contributed by atoms with Crippen molar-refractivity contribution < 1.29 is 13.7 Å². The number of carbonyl (C=O) groups excluding carboxylic acids is 1. The third kappa shape index (κ3) is 3.71. The van der Waals surface area contributed by atoms with Crippen molar-refractivity contribution in [1.29, 1.82) is 0 Å². The molecule has 7 heteroatoms. The summed E-state index contributed by atoms with van der Waals surface area (Å²) in [6.45, 7) is 4.88. The molecule has 2 aromatic heterocycles. The topological polar surface area (TPSA) is 74.2 Å². The quantitative estimate of drug-likeness (QED) is 0.682. The smallest absolute Gasteiger partial charge is 0.267 e. The Balaban J connectivity index is 1.48. The lowest BCUT2D eigenvalue weighted by Gasteiger charge is -2.22. The van der Waals surface area contributed by atoms with Crippen molar-refractivity contribution in [3.8, 4) is 22.5 Å². The average molecular weight is 382 g/mol. The van der Waals surface area contributed by atoms with Crippen LogP contribution in [0.3, 0.4) is 0 Å². The van der Waals surface area contributed by atoms with Gasteiger partial charge in [-0.3, -0.25) is 9.69 Å². The molecule has 1 amide bonds. The zero-order chi connectivity index (χ0) is 19.5. The second-order valence-electron chi connectivity index (χ2n) is 7.02. The van der Waals surface area contributed by atoms with Gasteiger partial charge in [0.15, 0.2) is 5.76 Å². The molecule has 1 unspecified atom stereocenters. The number of hydrogen-bond acceptors (Lipinski definition) is 4. The monoisotopic (exact) mass is 382 g/mol. The number of nitrogens with one attached hydrogen (secondary N) is 2. The second-order valence-corrected chi connectivity index (χ2v) is 7.02. The molecule has 0 radical (unpaired) electrons. The number of aromatic amines is 1. The number of aromatic nitrogens is 2. The number of rotatable bonds is 6. The van der Waals surface area contributed by atoms with E-state index in [0.717, 1.165) is 19.5 Å². The first-order valence-corrected chi connectivity index (χ1v) is 9.57. The predicted molar refractivity (Wildman–Crippen MR) is 104 cm³/mol. The number of likely N-dealkylation sites (N-methyl/N-ethyl adjacent to an activating group) is 1. The van der Waals surface area contributed by atoms with Crippen molar-refractivity contribution in [3.63, 3.8) is 0 Å². The van der Waals surface area contributed by atoms with Crippen LogP contribution in [0, 0.1) is 5.82 Å². The number of halogens is 1.